The summed E-state index contributed by atoms with van der Waals surface area (Å²) in [7, 11) is -1.94. The number of imidazole rings is 1. The number of aryl methyl sites for hydroxylation is 2. The van der Waals surface area contributed by atoms with E-state index < -0.39 is 16.0 Å². The summed E-state index contributed by atoms with van der Waals surface area (Å²) in [4.78, 5) is 17.0. The normalized spacial score (nSPS) is 15.4. The van der Waals surface area contributed by atoms with Crippen molar-refractivity contribution >= 4 is 21.6 Å². The second-order valence-corrected chi connectivity index (χ2v) is 9.00. The Bertz CT molecular complexity index is 1140. The fourth-order valence-corrected chi connectivity index (χ4v) is 4.98. The molecular formula is C19H22N4O4S. The number of ether oxygens (including phenoxy) is 1. The van der Waals surface area contributed by atoms with Crippen molar-refractivity contribution in [2.45, 2.75) is 31.3 Å². The summed E-state index contributed by atoms with van der Waals surface area (Å²) in [5.41, 5.74) is 2.69. The molecule has 0 bridgehead atoms. The van der Waals surface area contributed by atoms with E-state index in [4.69, 9.17) is 4.74 Å². The molecule has 1 aliphatic heterocycles. The molecule has 0 aliphatic carbocycles. The second kappa shape index (κ2) is 7.06. The second-order valence-electron chi connectivity index (χ2n) is 7.06. The first-order valence-electron chi connectivity index (χ1n) is 9.12. The quantitative estimate of drug-likeness (QED) is 0.610. The van der Waals surface area contributed by atoms with E-state index >= 15 is 0 Å². The highest BCUT2D eigenvalue weighted by atomic mass is 32.2. The molecule has 9 heteroatoms. The van der Waals surface area contributed by atoms with Gasteiger partial charge in [0.2, 0.25) is 10.0 Å². The van der Waals surface area contributed by atoms with Crippen LogP contribution in [0.3, 0.4) is 0 Å². The van der Waals surface area contributed by atoms with Gasteiger partial charge in [0.05, 0.1) is 5.69 Å². The van der Waals surface area contributed by atoms with Gasteiger partial charge >= 0.3 is 5.97 Å². The third kappa shape index (κ3) is 3.43. The van der Waals surface area contributed by atoms with E-state index in [-0.39, 0.29) is 17.2 Å². The Hall–Kier alpha value is -2.65. The minimum Gasteiger partial charge on any atom is -0.454 e. The van der Waals surface area contributed by atoms with Crippen molar-refractivity contribution in [1.29, 1.82) is 0 Å². The lowest BCUT2D eigenvalue weighted by Crippen LogP contribution is -2.27. The Kier molecular flexibility index (Phi) is 4.72. The van der Waals surface area contributed by atoms with Crippen LogP contribution in [0.25, 0.3) is 5.65 Å². The number of sulfonamides is 1. The predicted molar refractivity (Wildman–Crippen MR) is 102 cm³/mol. The van der Waals surface area contributed by atoms with Crippen LogP contribution in [0.4, 0.5) is 0 Å². The minimum atomic E-state index is -3.57. The van der Waals surface area contributed by atoms with E-state index in [1.807, 2.05) is 35.9 Å². The summed E-state index contributed by atoms with van der Waals surface area (Å²) >= 11 is 0. The SMILES string of the molecule is Cc1ccc2nc(COC(=O)c3cc(S(=O)(=O)N4CCCC4)cn3C)cn2c1. The van der Waals surface area contributed by atoms with Gasteiger partial charge in [0.1, 0.15) is 22.8 Å². The lowest BCUT2D eigenvalue weighted by atomic mass is 10.3. The lowest BCUT2D eigenvalue weighted by molar-refractivity contribution is 0.0457. The molecule has 0 spiro atoms. The van der Waals surface area contributed by atoms with Crippen LogP contribution < -0.4 is 0 Å². The smallest absolute Gasteiger partial charge is 0.355 e. The molecule has 1 saturated heterocycles. The average Bonchev–Trinajstić information content (AvgIpc) is 3.38. The number of carbonyl (C=O) groups excluding carboxylic acids is 1. The van der Waals surface area contributed by atoms with Crippen LogP contribution in [0.1, 0.15) is 34.6 Å². The maximum Gasteiger partial charge on any atom is 0.355 e. The van der Waals surface area contributed by atoms with Gasteiger partial charge in [0.15, 0.2) is 0 Å². The molecule has 28 heavy (non-hydrogen) atoms. The molecule has 0 radical (unpaired) electrons. The van der Waals surface area contributed by atoms with Crippen LogP contribution in [0.15, 0.2) is 41.7 Å². The van der Waals surface area contributed by atoms with Gasteiger partial charge in [-0.15, -0.1) is 0 Å². The largest absolute Gasteiger partial charge is 0.454 e. The summed E-state index contributed by atoms with van der Waals surface area (Å²) < 4.78 is 35.5. The van der Waals surface area contributed by atoms with Crippen LogP contribution in [0, 0.1) is 6.92 Å². The first kappa shape index (κ1) is 18.7. The zero-order valence-corrected chi connectivity index (χ0v) is 16.6. The summed E-state index contributed by atoms with van der Waals surface area (Å²) in [5, 5.41) is 0. The van der Waals surface area contributed by atoms with Crippen LogP contribution >= 0.6 is 0 Å². The van der Waals surface area contributed by atoms with Crippen LogP contribution in [-0.4, -0.2) is 45.7 Å². The van der Waals surface area contributed by atoms with Crippen LogP contribution in [0.2, 0.25) is 0 Å². The number of carbonyl (C=O) groups is 1. The highest BCUT2D eigenvalue weighted by Crippen LogP contribution is 2.23. The third-order valence-electron chi connectivity index (χ3n) is 4.89. The monoisotopic (exact) mass is 402 g/mol. The van der Waals surface area contributed by atoms with Gasteiger partial charge in [-0.05, 0) is 37.5 Å². The van der Waals surface area contributed by atoms with Crippen molar-refractivity contribution in [2.75, 3.05) is 13.1 Å². The number of nitrogens with zero attached hydrogens (tertiary/aromatic N) is 4. The van der Waals surface area contributed by atoms with E-state index in [0.29, 0.717) is 18.8 Å². The Morgan fingerprint density at radius 3 is 2.68 bits per heavy atom. The van der Waals surface area contributed by atoms with E-state index in [1.165, 1.54) is 21.1 Å². The molecule has 0 N–H and O–H groups in total. The van der Waals surface area contributed by atoms with Gasteiger partial charge in [-0.3, -0.25) is 0 Å². The number of pyridine rings is 1. The molecule has 0 amide bonds. The molecule has 8 nitrogen and oxygen atoms in total. The van der Waals surface area contributed by atoms with E-state index in [2.05, 4.69) is 4.98 Å². The molecule has 1 aliphatic rings. The molecule has 4 heterocycles. The zero-order valence-electron chi connectivity index (χ0n) is 15.8. The predicted octanol–water partition coefficient (Wildman–Crippen LogP) is 2.12. The van der Waals surface area contributed by atoms with Gasteiger partial charge in [0, 0.05) is 38.7 Å². The number of hydrogen-bond acceptors (Lipinski definition) is 5. The first-order chi connectivity index (χ1) is 13.3. The number of rotatable bonds is 5. The highest BCUT2D eigenvalue weighted by molar-refractivity contribution is 7.89. The Balaban J connectivity index is 1.49. The van der Waals surface area contributed by atoms with Gasteiger partial charge in [-0.25, -0.2) is 18.2 Å². The van der Waals surface area contributed by atoms with Gasteiger partial charge in [-0.1, -0.05) is 6.07 Å². The van der Waals surface area contributed by atoms with E-state index in [1.54, 1.807) is 7.05 Å². The zero-order chi connectivity index (χ0) is 19.9. The Morgan fingerprint density at radius 2 is 1.93 bits per heavy atom. The van der Waals surface area contributed by atoms with Crippen molar-refractivity contribution < 1.29 is 17.9 Å². The van der Waals surface area contributed by atoms with Crippen molar-refractivity contribution in [3.63, 3.8) is 0 Å². The van der Waals surface area contributed by atoms with E-state index in [0.717, 1.165) is 24.1 Å². The molecule has 148 valence electrons. The molecule has 0 saturated carbocycles. The lowest BCUT2D eigenvalue weighted by Gasteiger charge is -2.13. The molecule has 0 unspecified atom stereocenters. The fraction of sp³-hybridized carbons (Fsp3) is 0.368. The Morgan fingerprint density at radius 1 is 1.18 bits per heavy atom. The number of esters is 1. The van der Waals surface area contributed by atoms with Gasteiger partial charge in [0.25, 0.3) is 0 Å². The maximum absolute atomic E-state index is 12.7. The number of fused-ring (bicyclic) bond motifs is 1. The standard InChI is InChI=1S/C19H22N4O4S/c1-14-5-6-18-20-15(11-22(18)10-14)13-27-19(24)17-9-16(12-21(17)2)28(25,26)23-7-3-4-8-23/h5-6,9-12H,3-4,7-8,13H2,1-2H3. The summed E-state index contributed by atoms with van der Waals surface area (Å²) in [6.07, 6.45) is 6.93. The maximum atomic E-state index is 12.7. The minimum absolute atomic E-state index is 0.0128. The molecule has 4 rings (SSSR count). The first-order valence-corrected chi connectivity index (χ1v) is 10.6. The fourth-order valence-electron chi connectivity index (χ4n) is 3.39. The number of hydrogen-bond donors (Lipinski definition) is 0. The van der Waals surface area contributed by atoms with Crippen LogP contribution in [-0.2, 0) is 28.4 Å². The molecule has 0 aromatic carbocycles. The average molecular weight is 402 g/mol. The molecule has 3 aromatic heterocycles. The van der Waals surface area contributed by atoms with Crippen molar-refractivity contribution in [3.05, 3.63) is 53.7 Å². The highest BCUT2D eigenvalue weighted by Gasteiger charge is 2.29. The van der Waals surface area contributed by atoms with Gasteiger partial charge in [-0.2, -0.15) is 4.31 Å². The van der Waals surface area contributed by atoms with Crippen molar-refractivity contribution in [3.8, 4) is 0 Å². The third-order valence-corrected chi connectivity index (χ3v) is 6.76. The van der Waals surface area contributed by atoms with E-state index in [9.17, 15) is 13.2 Å². The molecule has 3 aromatic rings. The van der Waals surface area contributed by atoms with Crippen molar-refractivity contribution in [2.24, 2.45) is 7.05 Å². The molecule has 1 fully saturated rings. The van der Waals surface area contributed by atoms with Crippen molar-refractivity contribution in [1.82, 2.24) is 18.3 Å². The summed E-state index contributed by atoms with van der Waals surface area (Å²) in [6.45, 7) is 3.04. The Labute approximate surface area is 163 Å². The summed E-state index contributed by atoms with van der Waals surface area (Å²) in [6, 6.07) is 5.24. The molecule has 0 atom stereocenters. The van der Waals surface area contributed by atoms with Gasteiger partial charge < -0.3 is 13.7 Å². The molecular weight excluding hydrogens is 380 g/mol. The summed E-state index contributed by atoms with van der Waals surface area (Å²) in [5.74, 6) is -0.585. The number of aromatic nitrogens is 3. The van der Waals surface area contributed by atoms with Crippen LogP contribution in [0.5, 0.6) is 0 Å². The topological polar surface area (TPSA) is 85.9 Å².